The van der Waals surface area contributed by atoms with Crippen molar-refractivity contribution in [3.63, 3.8) is 0 Å². The Hall–Kier alpha value is -1.32. The molecule has 4 heteroatoms. The molecule has 0 bridgehead atoms. The van der Waals surface area contributed by atoms with Crippen LogP contribution < -0.4 is 4.74 Å². The van der Waals surface area contributed by atoms with Crippen LogP contribution in [0.25, 0.3) is 0 Å². The highest BCUT2D eigenvalue weighted by Gasteiger charge is 2.10. The van der Waals surface area contributed by atoms with Gasteiger partial charge in [0.25, 0.3) is 0 Å². The van der Waals surface area contributed by atoms with Gasteiger partial charge in [0.15, 0.2) is 0 Å². The van der Waals surface area contributed by atoms with E-state index in [1.165, 1.54) is 0 Å². The monoisotopic (exact) mass is 310 g/mol. The van der Waals surface area contributed by atoms with Gasteiger partial charge in [0.1, 0.15) is 5.75 Å². The molecular weight excluding hydrogens is 303 g/mol. The summed E-state index contributed by atoms with van der Waals surface area (Å²) in [6.45, 7) is 0. The van der Waals surface area contributed by atoms with E-state index in [0.717, 1.165) is 4.47 Å². The molecule has 0 fully saturated rings. The summed E-state index contributed by atoms with van der Waals surface area (Å²) in [5, 5.41) is 0.413. The van der Waals surface area contributed by atoms with Crippen molar-refractivity contribution in [3.05, 3.63) is 63.6 Å². The van der Waals surface area contributed by atoms with Crippen LogP contribution in [-0.2, 0) is 0 Å². The Bertz CT molecular complexity index is 555. The number of hydrogen-bond acceptors (Lipinski definition) is 2. The zero-order valence-corrected chi connectivity index (χ0v) is 11.0. The van der Waals surface area contributed by atoms with Crippen molar-refractivity contribution < 1.29 is 9.53 Å². The van der Waals surface area contributed by atoms with Crippen LogP contribution in [0.4, 0.5) is 0 Å². The minimum Gasteiger partial charge on any atom is -0.421 e. The van der Waals surface area contributed by atoms with Crippen LogP contribution in [-0.4, -0.2) is 5.97 Å². The molecule has 0 aromatic heterocycles. The van der Waals surface area contributed by atoms with E-state index in [2.05, 4.69) is 15.9 Å². The highest BCUT2D eigenvalue weighted by Crippen LogP contribution is 2.24. The zero-order chi connectivity index (χ0) is 12.3. The minimum absolute atomic E-state index is 0.360. The summed E-state index contributed by atoms with van der Waals surface area (Å²) in [5.41, 5.74) is 0.472. The third-order valence-corrected chi connectivity index (χ3v) is 2.91. The highest BCUT2D eigenvalue weighted by molar-refractivity contribution is 9.10. The molecule has 0 aliphatic rings. The number of esters is 1. The molecule has 2 nitrogen and oxygen atoms in total. The van der Waals surface area contributed by atoms with E-state index >= 15 is 0 Å². The number of benzene rings is 2. The van der Waals surface area contributed by atoms with Gasteiger partial charge in [-0.15, -0.1) is 0 Å². The fourth-order valence-electron chi connectivity index (χ4n) is 1.30. The Morgan fingerprint density at radius 2 is 1.88 bits per heavy atom. The predicted molar refractivity (Wildman–Crippen MR) is 70.6 cm³/mol. The lowest BCUT2D eigenvalue weighted by Crippen LogP contribution is -2.08. The fraction of sp³-hybridized carbons (Fsp3) is 0. The molecule has 86 valence electrons. The molecule has 0 aliphatic carbocycles. The lowest BCUT2D eigenvalue weighted by Gasteiger charge is -2.05. The van der Waals surface area contributed by atoms with Crippen LogP contribution in [0.3, 0.4) is 0 Å². The van der Waals surface area contributed by atoms with Gasteiger partial charge in [-0.05, 0) is 30.3 Å². The summed E-state index contributed by atoms with van der Waals surface area (Å²) in [7, 11) is 0. The smallest absolute Gasteiger partial charge is 0.343 e. The predicted octanol–water partition coefficient (Wildman–Crippen LogP) is 4.32. The Balaban J connectivity index is 2.20. The fourth-order valence-corrected chi connectivity index (χ4v) is 1.88. The second-order valence-electron chi connectivity index (χ2n) is 3.33. The number of para-hydroxylation sites is 1. The lowest BCUT2D eigenvalue weighted by atomic mass is 10.2. The standard InChI is InChI=1S/C13H8BrClO2/c14-10-5-3-4-9(8-10)13(16)17-12-7-2-1-6-11(12)15/h1-8H. The molecule has 0 spiro atoms. The number of hydrogen-bond donors (Lipinski definition) is 0. The number of halogens is 2. The van der Waals surface area contributed by atoms with Crippen molar-refractivity contribution in [3.8, 4) is 5.75 Å². The van der Waals surface area contributed by atoms with E-state index in [0.29, 0.717) is 16.3 Å². The van der Waals surface area contributed by atoms with Crippen LogP contribution in [0.2, 0.25) is 5.02 Å². The molecule has 0 radical (unpaired) electrons. The van der Waals surface area contributed by atoms with Crippen molar-refractivity contribution in [1.82, 2.24) is 0 Å². The molecule has 0 saturated heterocycles. The second-order valence-corrected chi connectivity index (χ2v) is 4.65. The van der Waals surface area contributed by atoms with Gasteiger partial charge in [-0.25, -0.2) is 4.79 Å². The topological polar surface area (TPSA) is 26.3 Å². The Labute approximate surface area is 112 Å². The maximum absolute atomic E-state index is 11.8. The van der Waals surface area contributed by atoms with E-state index < -0.39 is 5.97 Å². The normalized spacial score (nSPS) is 10.0. The van der Waals surface area contributed by atoms with Crippen molar-refractivity contribution in [2.75, 3.05) is 0 Å². The maximum Gasteiger partial charge on any atom is 0.343 e. The van der Waals surface area contributed by atoms with Crippen LogP contribution in [0.5, 0.6) is 5.75 Å². The van der Waals surface area contributed by atoms with Gasteiger partial charge in [-0.3, -0.25) is 0 Å². The van der Waals surface area contributed by atoms with Gasteiger partial charge in [-0.1, -0.05) is 45.7 Å². The third-order valence-electron chi connectivity index (χ3n) is 2.10. The average molecular weight is 312 g/mol. The SMILES string of the molecule is O=C(Oc1ccccc1Cl)c1cccc(Br)c1. The molecule has 0 N–H and O–H groups in total. The maximum atomic E-state index is 11.8. The van der Waals surface area contributed by atoms with Crippen molar-refractivity contribution in [2.24, 2.45) is 0 Å². The summed E-state index contributed by atoms with van der Waals surface area (Å²) < 4.78 is 6.02. The van der Waals surface area contributed by atoms with E-state index in [1.54, 1.807) is 42.5 Å². The first-order valence-electron chi connectivity index (χ1n) is 4.89. The van der Waals surface area contributed by atoms with Crippen molar-refractivity contribution >= 4 is 33.5 Å². The summed E-state index contributed by atoms with van der Waals surface area (Å²) in [6, 6.07) is 13.8. The van der Waals surface area contributed by atoms with Gasteiger partial charge < -0.3 is 4.74 Å². The van der Waals surface area contributed by atoms with Crippen LogP contribution in [0.15, 0.2) is 53.0 Å². The number of ether oxygens (including phenoxy) is 1. The molecule has 0 unspecified atom stereocenters. The average Bonchev–Trinajstić information content (AvgIpc) is 2.32. The van der Waals surface area contributed by atoms with E-state index in [9.17, 15) is 4.79 Å². The molecule has 0 saturated carbocycles. The van der Waals surface area contributed by atoms with Gasteiger partial charge in [0, 0.05) is 4.47 Å². The molecule has 17 heavy (non-hydrogen) atoms. The molecule has 0 heterocycles. The summed E-state index contributed by atoms with van der Waals surface area (Å²) in [6.07, 6.45) is 0. The molecule has 0 atom stereocenters. The van der Waals surface area contributed by atoms with E-state index in [4.69, 9.17) is 16.3 Å². The van der Waals surface area contributed by atoms with Crippen molar-refractivity contribution in [2.45, 2.75) is 0 Å². The van der Waals surface area contributed by atoms with Gasteiger partial charge in [-0.2, -0.15) is 0 Å². The summed E-state index contributed by atoms with van der Waals surface area (Å²) >= 11 is 9.20. The van der Waals surface area contributed by atoms with Crippen molar-refractivity contribution in [1.29, 1.82) is 0 Å². The Morgan fingerprint density at radius 1 is 1.12 bits per heavy atom. The van der Waals surface area contributed by atoms with E-state index in [-0.39, 0.29) is 0 Å². The molecule has 2 aromatic rings. The van der Waals surface area contributed by atoms with Gasteiger partial charge in [0.05, 0.1) is 10.6 Å². The Kier molecular flexibility index (Phi) is 3.82. The van der Waals surface area contributed by atoms with Crippen LogP contribution in [0, 0.1) is 0 Å². The summed E-state index contributed by atoms with van der Waals surface area (Å²) in [5.74, 6) is -0.0708. The largest absolute Gasteiger partial charge is 0.421 e. The Morgan fingerprint density at radius 3 is 2.59 bits per heavy atom. The lowest BCUT2D eigenvalue weighted by molar-refractivity contribution is 0.0735. The second kappa shape index (κ2) is 5.34. The van der Waals surface area contributed by atoms with Crippen LogP contribution in [0.1, 0.15) is 10.4 Å². The van der Waals surface area contributed by atoms with E-state index in [1.807, 2.05) is 6.07 Å². The first-order valence-corrected chi connectivity index (χ1v) is 6.06. The molecular formula is C13H8BrClO2. The first-order chi connectivity index (χ1) is 8.16. The van der Waals surface area contributed by atoms with Crippen LogP contribution >= 0.6 is 27.5 Å². The quantitative estimate of drug-likeness (QED) is 0.610. The zero-order valence-electron chi connectivity index (χ0n) is 8.69. The summed E-state index contributed by atoms with van der Waals surface area (Å²) in [4.78, 5) is 11.8. The first kappa shape index (κ1) is 12.1. The number of carbonyl (C=O) groups is 1. The highest BCUT2D eigenvalue weighted by atomic mass is 79.9. The number of rotatable bonds is 2. The third kappa shape index (κ3) is 3.08. The van der Waals surface area contributed by atoms with Gasteiger partial charge >= 0.3 is 5.97 Å². The number of carbonyl (C=O) groups excluding carboxylic acids is 1. The van der Waals surface area contributed by atoms with Gasteiger partial charge in [0.2, 0.25) is 0 Å². The molecule has 0 aliphatic heterocycles. The molecule has 0 amide bonds. The minimum atomic E-state index is -0.431. The molecule has 2 aromatic carbocycles. The molecule has 2 rings (SSSR count).